The first-order chi connectivity index (χ1) is 12.0. The van der Waals surface area contributed by atoms with E-state index in [-0.39, 0.29) is 5.91 Å². The summed E-state index contributed by atoms with van der Waals surface area (Å²) < 4.78 is 7.48. The summed E-state index contributed by atoms with van der Waals surface area (Å²) in [5, 5.41) is 10.2. The molecule has 6 nitrogen and oxygen atoms in total. The highest BCUT2D eigenvalue weighted by Crippen LogP contribution is 2.19. The summed E-state index contributed by atoms with van der Waals surface area (Å²) in [6.45, 7) is 5.95. The van der Waals surface area contributed by atoms with Crippen LogP contribution in [0, 0.1) is 13.8 Å². The van der Waals surface area contributed by atoms with Gasteiger partial charge in [-0.3, -0.25) is 4.79 Å². The number of ether oxygens (including phenoxy) is 1. The Bertz CT molecular complexity index is 857. The Balaban J connectivity index is 1.61. The smallest absolute Gasteiger partial charge is 0.261 e. The van der Waals surface area contributed by atoms with Gasteiger partial charge in [0.15, 0.2) is 6.10 Å². The Kier molecular flexibility index (Phi) is 5.14. The number of thiazole rings is 1. The number of aryl methyl sites for hydroxylation is 2. The molecule has 0 aliphatic rings. The average Bonchev–Trinajstić information content (AvgIpc) is 3.19. The van der Waals surface area contributed by atoms with Crippen molar-refractivity contribution >= 4 is 17.2 Å². The Morgan fingerprint density at radius 2 is 2.08 bits per heavy atom. The van der Waals surface area contributed by atoms with Gasteiger partial charge in [-0.15, -0.1) is 16.4 Å². The molecular weight excluding hydrogens is 336 g/mol. The van der Waals surface area contributed by atoms with Gasteiger partial charge in [0, 0.05) is 17.1 Å². The molecule has 0 bridgehead atoms. The van der Waals surface area contributed by atoms with Crippen LogP contribution in [0.25, 0.3) is 5.69 Å². The standard InChI is InChI=1S/C18H20N4O2S/c1-12-10-22(16-7-5-4-6-8-16)21-18(12)24-13(2)17(23)19-9-15-11-25-14(3)20-15/h4-8,10-11,13H,9H2,1-3H3,(H,19,23). The first-order valence-corrected chi connectivity index (χ1v) is 8.88. The largest absolute Gasteiger partial charge is 0.463 e. The fourth-order valence-electron chi connectivity index (χ4n) is 2.31. The first kappa shape index (κ1) is 17.2. The van der Waals surface area contributed by atoms with Crippen LogP contribution in [0.3, 0.4) is 0 Å². The number of nitrogens with one attached hydrogen (secondary N) is 1. The maximum Gasteiger partial charge on any atom is 0.261 e. The summed E-state index contributed by atoms with van der Waals surface area (Å²) in [6.07, 6.45) is 1.24. The van der Waals surface area contributed by atoms with E-state index in [1.807, 2.05) is 55.8 Å². The van der Waals surface area contributed by atoms with E-state index < -0.39 is 6.10 Å². The molecule has 7 heteroatoms. The second-order valence-electron chi connectivity index (χ2n) is 5.73. The van der Waals surface area contributed by atoms with Gasteiger partial charge >= 0.3 is 0 Å². The molecular formula is C18H20N4O2S. The molecule has 2 aromatic heterocycles. The van der Waals surface area contributed by atoms with Crippen molar-refractivity contribution in [2.24, 2.45) is 0 Å². The van der Waals surface area contributed by atoms with Gasteiger partial charge in [0.1, 0.15) is 0 Å². The molecule has 3 aromatic rings. The first-order valence-electron chi connectivity index (χ1n) is 8.00. The number of carbonyl (C=O) groups is 1. The molecule has 1 aromatic carbocycles. The van der Waals surface area contributed by atoms with Gasteiger partial charge in [-0.05, 0) is 32.9 Å². The molecule has 0 aliphatic heterocycles. The van der Waals surface area contributed by atoms with Crippen molar-refractivity contribution in [1.29, 1.82) is 0 Å². The van der Waals surface area contributed by atoms with Crippen molar-refractivity contribution in [3.8, 4) is 11.6 Å². The zero-order chi connectivity index (χ0) is 17.8. The van der Waals surface area contributed by atoms with Crippen molar-refractivity contribution in [2.45, 2.75) is 33.4 Å². The van der Waals surface area contributed by atoms with Crippen molar-refractivity contribution in [2.75, 3.05) is 0 Å². The minimum atomic E-state index is -0.641. The van der Waals surface area contributed by atoms with Gasteiger partial charge < -0.3 is 10.1 Å². The van der Waals surface area contributed by atoms with E-state index in [2.05, 4.69) is 15.4 Å². The monoisotopic (exact) mass is 356 g/mol. The molecule has 0 saturated carbocycles. The number of amides is 1. The minimum absolute atomic E-state index is 0.195. The third kappa shape index (κ3) is 4.24. The molecule has 0 spiro atoms. The van der Waals surface area contributed by atoms with E-state index in [1.54, 1.807) is 22.9 Å². The molecule has 25 heavy (non-hydrogen) atoms. The molecule has 0 aliphatic carbocycles. The molecule has 1 N–H and O–H groups in total. The van der Waals surface area contributed by atoms with Gasteiger partial charge in [-0.1, -0.05) is 18.2 Å². The van der Waals surface area contributed by atoms with Crippen LogP contribution < -0.4 is 10.1 Å². The van der Waals surface area contributed by atoms with Crippen molar-refractivity contribution in [3.63, 3.8) is 0 Å². The molecule has 2 heterocycles. The van der Waals surface area contributed by atoms with E-state index in [1.165, 1.54) is 0 Å². The Morgan fingerprint density at radius 1 is 1.32 bits per heavy atom. The van der Waals surface area contributed by atoms with Crippen LogP contribution in [0.4, 0.5) is 0 Å². The second-order valence-corrected chi connectivity index (χ2v) is 6.80. The van der Waals surface area contributed by atoms with Gasteiger partial charge in [0.05, 0.1) is 22.9 Å². The number of hydrogen-bond acceptors (Lipinski definition) is 5. The topological polar surface area (TPSA) is 69.0 Å². The van der Waals surface area contributed by atoms with Crippen molar-refractivity contribution in [3.05, 3.63) is 58.2 Å². The molecule has 0 fully saturated rings. The quantitative estimate of drug-likeness (QED) is 0.737. The second kappa shape index (κ2) is 7.48. The van der Waals surface area contributed by atoms with E-state index in [4.69, 9.17) is 4.74 Å². The Labute approximate surface area is 150 Å². The van der Waals surface area contributed by atoms with Crippen LogP contribution in [0.1, 0.15) is 23.2 Å². The minimum Gasteiger partial charge on any atom is -0.463 e. The summed E-state index contributed by atoms with van der Waals surface area (Å²) in [7, 11) is 0. The van der Waals surface area contributed by atoms with Gasteiger partial charge in [0.2, 0.25) is 5.88 Å². The molecule has 0 saturated heterocycles. The summed E-state index contributed by atoms with van der Waals surface area (Å²) in [4.78, 5) is 16.5. The number of nitrogens with zero attached hydrogens (tertiary/aromatic N) is 3. The van der Waals surface area contributed by atoms with Gasteiger partial charge in [-0.25, -0.2) is 9.67 Å². The SMILES string of the molecule is Cc1nc(CNC(=O)C(C)Oc2nn(-c3ccccc3)cc2C)cs1. The van der Waals surface area contributed by atoms with E-state index >= 15 is 0 Å². The summed E-state index contributed by atoms with van der Waals surface area (Å²) in [5.41, 5.74) is 2.67. The van der Waals surface area contributed by atoms with Crippen LogP contribution >= 0.6 is 11.3 Å². The maximum absolute atomic E-state index is 12.2. The third-order valence-corrected chi connectivity index (χ3v) is 4.46. The summed E-state index contributed by atoms with van der Waals surface area (Å²) in [6, 6.07) is 9.77. The predicted octanol–water partition coefficient (Wildman–Crippen LogP) is 3.03. The number of aromatic nitrogens is 3. The van der Waals surface area contributed by atoms with Crippen LogP contribution in [-0.2, 0) is 11.3 Å². The Hall–Kier alpha value is -2.67. The van der Waals surface area contributed by atoms with Crippen LogP contribution in [0.15, 0.2) is 41.9 Å². The number of benzene rings is 1. The number of carbonyl (C=O) groups excluding carboxylic acids is 1. The Morgan fingerprint density at radius 3 is 2.76 bits per heavy atom. The van der Waals surface area contributed by atoms with Crippen molar-refractivity contribution < 1.29 is 9.53 Å². The van der Waals surface area contributed by atoms with E-state index in [9.17, 15) is 4.79 Å². The fraction of sp³-hybridized carbons (Fsp3) is 0.278. The van der Waals surface area contributed by atoms with Crippen LogP contribution in [0.5, 0.6) is 5.88 Å². The van der Waals surface area contributed by atoms with Crippen LogP contribution in [-0.4, -0.2) is 26.8 Å². The molecule has 130 valence electrons. The lowest BCUT2D eigenvalue weighted by Gasteiger charge is -2.13. The molecule has 3 rings (SSSR count). The summed E-state index contributed by atoms with van der Waals surface area (Å²) >= 11 is 1.56. The van der Waals surface area contributed by atoms with Gasteiger partial charge in [-0.2, -0.15) is 0 Å². The van der Waals surface area contributed by atoms with Crippen molar-refractivity contribution in [1.82, 2.24) is 20.1 Å². The molecule has 1 amide bonds. The highest BCUT2D eigenvalue weighted by atomic mass is 32.1. The number of hydrogen-bond donors (Lipinski definition) is 1. The lowest BCUT2D eigenvalue weighted by Crippen LogP contribution is -2.36. The fourth-order valence-corrected chi connectivity index (χ4v) is 2.92. The maximum atomic E-state index is 12.2. The molecule has 1 atom stereocenters. The average molecular weight is 356 g/mol. The van der Waals surface area contributed by atoms with Gasteiger partial charge in [0.25, 0.3) is 5.91 Å². The number of rotatable bonds is 6. The zero-order valence-corrected chi connectivity index (χ0v) is 15.2. The summed E-state index contributed by atoms with van der Waals surface area (Å²) in [5.74, 6) is 0.260. The van der Waals surface area contributed by atoms with E-state index in [0.717, 1.165) is 22.0 Å². The predicted molar refractivity (Wildman–Crippen MR) is 97.1 cm³/mol. The normalized spacial score (nSPS) is 12.0. The van der Waals surface area contributed by atoms with E-state index in [0.29, 0.717) is 12.4 Å². The highest BCUT2D eigenvalue weighted by molar-refractivity contribution is 7.09. The zero-order valence-electron chi connectivity index (χ0n) is 14.4. The lowest BCUT2D eigenvalue weighted by atomic mass is 10.3. The third-order valence-electron chi connectivity index (χ3n) is 3.64. The van der Waals surface area contributed by atoms with Crippen LogP contribution in [0.2, 0.25) is 0 Å². The molecule has 1 unspecified atom stereocenters. The number of para-hydroxylation sites is 1. The molecule has 0 radical (unpaired) electrons. The highest BCUT2D eigenvalue weighted by Gasteiger charge is 2.18. The lowest BCUT2D eigenvalue weighted by molar-refractivity contribution is -0.127.